The second kappa shape index (κ2) is 9.47. The molecule has 0 saturated carbocycles. The van der Waals surface area contributed by atoms with Crippen LogP contribution in [0, 0.1) is 0 Å². The van der Waals surface area contributed by atoms with Crippen LogP contribution in [0.15, 0.2) is 30.3 Å². The van der Waals surface area contributed by atoms with Crippen molar-refractivity contribution in [3.8, 4) is 0 Å². The number of aliphatic hydroxyl groups is 1. The van der Waals surface area contributed by atoms with E-state index < -0.39 is 30.5 Å². The lowest BCUT2D eigenvalue weighted by Crippen LogP contribution is -2.50. The third kappa shape index (κ3) is 8.52. The quantitative estimate of drug-likeness (QED) is 0.640. The number of rotatable bonds is 8. The summed E-state index contributed by atoms with van der Waals surface area (Å²) in [5.41, 5.74) is 0.372. The summed E-state index contributed by atoms with van der Waals surface area (Å²) in [6.07, 6.45) is -0.976. The second-order valence-electron chi connectivity index (χ2n) is 6.40. The maximum Gasteiger partial charge on any atom is 0.407 e. The third-order valence-electron chi connectivity index (χ3n) is 3.09. The molecule has 23 heavy (non-hydrogen) atoms. The Balaban J connectivity index is 2.69. The molecule has 0 aliphatic heterocycles. The van der Waals surface area contributed by atoms with E-state index in [-0.39, 0.29) is 13.1 Å². The molecule has 6 heteroatoms. The van der Waals surface area contributed by atoms with Gasteiger partial charge in [0.2, 0.25) is 0 Å². The largest absolute Gasteiger partial charge is 0.444 e. The molecule has 1 rings (SSSR count). The van der Waals surface area contributed by atoms with Gasteiger partial charge in [-0.3, -0.25) is 0 Å². The van der Waals surface area contributed by atoms with Crippen molar-refractivity contribution in [2.24, 2.45) is 0 Å². The SMILES string of the molecule is CC(C)(C)OC(=O)N[C@@H](Cc1ccccc1)[C@H](O)CNCCF. The lowest BCUT2D eigenvalue weighted by atomic mass is 10.0. The summed E-state index contributed by atoms with van der Waals surface area (Å²) < 4.78 is 17.4. The number of hydrogen-bond acceptors (Lipinski definition) is 4. The van der Waals surface area contributed by atoms with Crippen molar-refractivity contribution < 1.29 is 19.0 Å². The zero-order valence-corrected chi connectivity index (χ0v) is 14.0. The van der Waals surface area contributed by atoms with Gasteiger partial charge in [-0.2, -0.15) is 0 Å². The Morgan fingerprint density at radius 2 is 1.96 bits per heavy atom. The maximum absolute atomic E-state index is 12.2. The minimum absolute atomic E-state index is 0.168. The molecule has 0 heterocycles. The standard InChI is InChI=1S/C17H27FN2O3/c1-17(2,3)23-16(22)20-14(15(21)12-19-10-9-18)11-13-7-5-4-6-8-13/h4-8,14-15,19,21H,9-12H2,1-3H3,(H,20,22)/t14-,15+/m0/s1. The number of benzene rings is 1. The van der Waals surface area contributed by atoms with Gasteiger partial charge in [0.15, 0.2) is 0 Å². The average Bonchev–Trinajstić information content (AvgIpc) is 2.46. The number of alkyl carbamates (subject to hydrolysis) is 1. The Morgan fingerprint density at radius 3 is 2.52 bits per heavy atom. The molecular formula is C17H27FN2O3. The number of nitrogens with one attached hydrogen (secondary N) is 2. The Labute approximate surface area is 137 Å². The van der Waals surface area contributed by atoms with E-state index in [0.29, 0.717) is 6.42 Å². The lowest BCUT2D eigenvalue weighted by Gasteiger charge is -2.27. The van der Waals surface area contributed by atoms with Crippen LogP contribution in [0.1, 0.15) is 26.3 Å². The van der Waals surface area contributed by atoms with Crippen molar-refractivity contribution in [3.63, 3.8) is 0 Å². The van der Waals surface area contributed by atoms with E-state index >= 15 is 0 Å². The highest BCUT2D eigenvalue weighted by Gasteiger charge is 2.24. The molecule has 0 spiro atoms. The molecule has 0 fully saturated rings. The van der Waals surface area contributed by atoms with Crippen molar-refractivity contribution in [3.05, 3.63) is 35.9 Å². The molecule has 0 unspecified atom stereocenters. The first-order chi connectivity index (χ1) is 10.8. The molecule has 0 radical (unpaired) electrons. The van der Waals surface area contributed by atoms with Crippen LogP contribution in [-0.4, -0.2) is 48.7 Å². The summed E-state index contributed by atoms with van der Waals surface area (Å²) in [4.78, 5) is 12.0. The van der Waals surface area contributed by atoms with Gasteiger partial charge >= 0.3 is 6.09 Å². The van der Waals surface area contributed by atoms with Gasteiger partial charge in [0, 0.05) is 13.1 Å². The summed E-state index contributed by atoms with van der Waals surface area (Å²) in [5, 5.41) is 15.8. The summed E-state index contributed by atoms with van der Waals surface area (Å²) in [6, 6.07) is 9.01. The van der Waals surface area contributed by atoms with Crippen molar-refractivity contribution >= 4 is 6.09 Å². The fraction of sp³-hybridized carbons (Fsp3) is 0.588. The molecule has 1 aromatic rings. The topological polar surface area (TPSA) is 70.6 Å². The van der Waals surface area contributed by atoms with Crippen LogP contribution >= 0.6 is 0 Å². The highest BCUT2D eigenvalue weighted by Crippen LogP contribution is 2.10. The summed E-state index contributed by atoms with van der Waals surface area (Å²) in [7, 11) is 0. The maximum atomic E-state index is 12.2. The van der Waals surface area contributed by atoms with Gasteiger partial charge in [-0.25, -0.2) is 9.18 Å². The molecule has 2 atom stereocenters. The van der Waals surface area contributed by atoms with E-state index in [2.05, 4.69) is 10.6 Å². The van der Waals surface area contributed by atoms with Crippen molar-refractivity contribution in [2.45, 2.75) is 44.9 Å². The number of amides is 1. The molecule has 0 saturated heterocycles. The molecular weight excluding hydrogens is 299 g/mol. The first-order valence-corrected chi connectivity index (χ1v) is 7.80. The Kier molecular flexibility index (Phi) is 7.98. The normalized spacial score (nSPS) is 14.1. The lowest BCUT2D eigenvalue weighted by molar-refractivity contribution is 0.0422. The van der Waals surface area contributed by atoms with Gasteiger partial charge in [-0.15, -0.1) is 0 Å². The highest BCUT2D eigenvalue weighted by molar-refractivity contribution is 5.68. The number of halogens is 1. The summed E-state index contributed by atoms with van der Waals surface area (Å²) in [6.45, 7) is 5.18. The molecule has 0 aliphatic rings. The van der Waals surface area contributed by atoms with Crippen molar-refractivity contribution in [1.29, 1.82) is 0 Å². The van der Waals surface area contributed by atoms with Gasteiger partial charge in [0.1, 0.15) is 12.3 Å². The van der Waals surface area contributed by atoms with Crippen LogP contribution in [-0.2, 0) is 11.2 Å². The van der Waals surface area contributed by atoms with Crippen molar-refractivity contribution in [1.82, 2.24) is 10.6 Å². The predicted octanol–water partition coefficient (Wildman–Crippen LogP) is 2.04. The van der Waals surface area contributed by atoms with Gasteiger partial charge in [-0.05, 0) is 32.8 Å². The van der Waals surface area contributed by atoms with Crippen LogP contribution in [0.4, 0.5) is 9.18 Å². The molecule has 0 bridgehead atoms. The second-order valence-corrected chi connectivity index (χ2v) is 6.40. The number of carbonyl (C=O) groups excluding carboxylic acids is 1. The number of alkyl halides is 1. The van der Waals surface area contributed by atoms with Crippen molar-refractivity contribution in [2.75, 3.05) is 19.8 Å². The zero-order valence-electron chi connectivity index (χ0n) is 14.0. The number of aliphatic hydroxyl groups excluding tert-OH is 1. The summed E-state index contributed by atoms with van der Waals surface area (Å²) >= 11 is 0. The van der Waals surface area contributed by atoms with E-state index in [4.69, 9.17) is 4.74 Å². The van der Waals surface area contributed by atoms with E-state index in [1.807, 2.05) is 30.3 Å². The minimum Gasteiger partial charge on any atom is -0.444 e. The van der Waals surface area contributed by atoms with E-state index in [9.17, 15) is 14.3 Å². The van der Waals surface area contributed by atoms with E-state index in [1.165, 1.54) is 0 Å². The molecule has 1 amide bonds. The molecule has 1 aromatic carbocycles. The van der Waals surface area contributed by atoms with Gasteiger partial charge in [-0.1, -0.05) is 30.3 Å². The number of hydrogen-bond donors (Lipinski definition) is 3. The average molecular weight is 326 g/mol. The van der Waals surface area contributed by atoms with Crippen LogP contribution in [0.5, 0.6) is 0 Å². The van der Waals surface area contributed by atoms with Gasteiger partial charge in [0.05, 0.1) is 12.1 Å². The molecule has 3 N–H and O–H groups in total. The fourth-order valence-corrected chi connectivity index (χ4v) is 2.07. The van der Waals surface area contributed by atoms with Crippen LogP contribution < -0.4 is 10.6 Å². The fourth-order valence-electron chi connectivity index (χ4n) is 2.07. The molecule has 0 aromatic heterocycles. The Morgan fingerprint density at radius 1 is 1.30 bits per heavy atom. The van der Waals surface area contributed by atoms with E-state index in [0.717, 1.165) is 5.56 Å². The van der Waals surface area contributed by atoms with Gasteiger partial charge < -0.3 is 20.5 Å². The molecule has 5 nitrogen and oxygen atoms in total. The minimum atomic E-state index is -0.853. The van der Waals surface area contributed by atoms with Crippen LogP contribution in [0.3, 0.4) is 0 Å². The van der Waals surface area contributed by atoms with E-state index in [1.54, 1.807) is 20.8 Å². The molecule has 0 aliphatic carbocycles. The Bertz CT molecular complexity index is 463. The number of ether oxygens (including phenoxy) is 1. The Hall–Kier alpha value is -1.66. The monoisotopic (exact) mass is 326 g/mol. The zero-order chi connectivity index (χ0) is 17.3. The highest BCUT2D eigenvalue weighted by atomic mass is 19.1. The third-order valence-corrected chi connectivity index (χ3v) is 3.09. The van der Waals surface area contributed by atoms with Crippen LogP contribution in [0.2, 0.25) is 0 Å². The summed E-state index contributed by atoms with van der Waals surface area (Å²) in [5.74, 6) is 0. The van der Waals surface area contributed by atoms with Gasteiger partial charge in [0.25, 0.3) is 0 Å². The van der Waals surface area contributed by atoms with Crippen LogP contribution in [0.25, 0.3) is 0 Å². The smallest absolute Gasteiger partial charge is 0.407 e. The predicted molar refractivity (Wildman–Crippen MR) is 88.2 cm³/mol. The first-order valence-electron chi connectivity index (χ1n) is 7.80. The number of carbonyl (C=O) groups is 1. The molecule has 130 valence electrons. The first kappa shape index (κ1) is 19.4.